The first-order chi connectivity index (χ1) is 18.8. The Bertz CT molecular complexity index is 1030. The highest BCUT2D eigenvalue weighted by molar-refractivity contribution is 6.30. The number of benzene rings is 1. The highest BCUT2D eigenvalue weighted by atomic mass is 35.5. The number of aliphatic carboxylic acids is 1. The molecule has 0 spiro atoms. The number of alkyl carbamates (subject to hydrolysis) is 1. The number of ether oxygens (including phenoxy) is 1. The summed E-state index contributed by atoms with van der Waals surface area (Å²) in [6.45, 7) is 0.322. The van der Waals surface area contributed by atoms with E-state index in [-0.39, 0.29) is 30.8 Å². The van der Waals surface area contributed by atoms with Crippen LogP contribution in [0.2, 0.25) is 5.02 Å². The summed E-state index contributed by atoms with van der Waals surface area (Å²) >= 11 is 6.14. The van der Waals surface area contributed by atoms with Crippen LogP contribution in [0.5, 0.6) is 0 Å². The molecule has 214 valence electrons. The van der Waals surface area contributed by atoms with Crippen LogP contribution in [-0.2, 0) is 25.5 Å². The van der Waals surface area contributed by atoms with Gasteiger partial charge < -0.3 is 15.2 Å². The van der Waals surface area contributed by atoms with Crippen molar-refractivity contribution in [1.29, 1.82) is 0 Å². The lowest BCUT2D eigenvalue weighted by molar-refractivity contribution is -0.142. The molecule has 1 aliphatic heterocycles. The SMILES string of the molecule is O=C(O)CC[C@H]1CCN(NC(=O)[C@H](CC2CCCCC2)NC(=O)OC2CCCC2Cc2cccc(Cl)c2)C1=O. The van der Waals surface area contributed by atoms with E-state index >= 15 is 0 Å². The van der Waals surface area contributed by atoms with Crippen LogP contribution in [0.3, 0.4) is 0 Å². The maximum absolute atomic E-state index is 13.3. The molecule has 0 aromatic heterocycles. The van der Waals surface area contributed by atoms with Crippen LogP contribution in [-0.4, -0.2) is 52.7 Å². The molecule has 1 heterocycles. The van der Waals surface area contributed by atoms with Gasteiger partial charge in [-0.1, -0.05) is 55.8 Å². The van der Waals surface area contributed by atoms with Gasteiger partial charge in [0.2, 0.25) is 5.91 Å². The van der Waals surface area contributed by atoms with Crippen molar-refractivity contribution in [3.8, 4) is 0 Å². The van der Waals surface area contributed by atoms with Gasteiger partial charge in [0.25, 0.3) is 5.91 Å². The number of carbonyl (C=O) groups is 4. The molecule has 2 saturated carbocycles. The molecule has 0 bridgehead atoms. The summed E-state index contributed by atoms with van der Waals surface area (Å²) in [7, 11) is 0. The first-order valence-electron chi connectivity index (χ1n) is 14.3. The Balaban J connectivity index is 1.35. The van der Waals surface area contributed by atoms with Gasteiger partial charge >= 0.3 is 12.1 Å². The zero-order valence-electron chi connectivity index (χ0n) is 22.4. The molecule has 39 heavy (non-hydrogen) atoms. The lowest BCUT2D eigenvalue weighted by atomic mass is 9.84. The van der Waals surface area contributed by atoms with Gasteiger partial charge in [-0.25, -0.2) is 4.79 Å². The minimum atomic E-state index is -0.947. The minimum Gasteiger partial charge on any atom is -0.481 e. The van der Waals surface area contributed by atoms with Crippen molar-refractivity contribution in [2.45, 2.75) is 95.6 Å². The Morgan fingerprint density at radius 2 is 1.87 bits per heavy atom. The van der Waals surface area contributed by atoms with Gasteiger partial charge in [-0.05, 0) is 68.6 Å². The largest absolute Gasteiger partial charge is 0.481 e. The Morgan fingerprint density at radius 1 is 1.08 bits per heavy atom. The van der Waals surface area contributed by atoms with Crippen LogP contribution >= 0.6 is 11.6 Å². The average molecular weight is 562 g/mol. The molecule has 3 N–H and O–H groups in total. The van der Waals surface area contributed by atoms with E-state index in [1.165, 1.54) is 11.4 Å². The van der Waals surface area contributed by atoms with Gasteiger partial charge in [-0.15, -0.1) is 0 Å². The van der Waals surface area contributed by atoms with Crippen molar-refractivity contribution < 1.29 is 29.0 Å². The number of nitrogens with zero attached hydrogens (tertiary/aromatic N) is 1. The van der Waals surface area contributed by atoms with Crippen molar-refractivity contribution in [3.05, 3.63) is 34.9 Å². The Kier molecular flexibility index (Phi) is 10.5. The van der Waals surface area contributed by atoms with Gasteiger partial charge in [-0.3, -0.25) is 24.8 Å². The second kappa shape index (κ2) is 14.0. The smallest absolute Gasteiger partial charge is 0.408 e. The lowest BCUT2D eigenvalue weighted by Gasteiger charge is -2.29. The normalized spacial score (nSPS) is 24.4. The number of amides is 3. The highest BCUT2D eigenvalue weighted by Gasteiger charge is 2.36. The summed E-state index contributed by atoms with van der Waals surface area (Å²) in [6.07, 6.45) is 9.15. The van der Waals surface area contributed by atoms with Gasteiger partial charge in [0.1, 0.15) is 12.1 Å². The van der Waals surface area contributed by atoms with Crippen LogP contribution in [0.1, 0.15) is 82.6 Å². The summed E-state index contributed by atoms with van der Waals surface area (Å²) in [5, 5.41) is 13.7. The maximum Gasteiger partial charge on any atom is 0.408 e. The van der Waals surface area contributed by atoms with E-state index in [0.29, 0.717) is 30.3 Å². The van der Waals surface area contributed by atoms with E-state index in [1.54, 1.807) is 0 Å². The topological polar surface area (TPSA) is 125 Å². The summed E-state index contributed by atoms with van der Waals surface area (Å²) in [6, 6.07) is 6.90. The third-order valence-electron chi connectivity index (χ3n) is 8.41. The molecule has 2 unspecified atom stereocenters. The van der Waals surface area contributed by atoms with Crippen LogP contribution < -0.4 is 10.7 Å². The molecule has 3 amide bonds. The van der Waals surface area contributed by atoms with Gasteiger partial charge in [0, 0.05) is 29.8 Å². The predicted molar refractivity (Wildman–Crippen MR) is 146 cm³/mol. The first-order valence-corrected chi connectivity index (χ1v) is 14.7. The van der Waals surface area contributed by atoms with E-state index in [4.69, 9.17) is 21.4 Å². The third-order valence-corrected chi connectivity index (χ3v) is 8.64. The third kappa shape index (κ3) is 8.59. The van der Waals surface area contributed by atoms with E-state index < -0.39 is 29.9 Å². The minimum absolute atomic E-state index is 0.0879. The quantitative estimate of drug-likeness (QED) is 0.354. The molecule has 1 aromatic carbocycles. The zero-order valence-corrected chi connectivity index (χ0v) is 23.2. The lowest BCUT2D eigenvalue weighted by Crippen LogP contribution is -2.54. The Hall–Kier alpha value is -2.81. The van der Waals surface area contributed by atoms with E-state index in [9.17, 15) is 19.2 Å². The van der Waals surface area contributed by atoms with Crippen molar-refractivity contribution >= 4 is 35.5 Å². The van der Waals surface area contributed by atoms with Crippen LogP contribution in [0.25, 0.3) is 0 Å². The molecule has 10 heteroatoms. The van der Waals surface area contributed by atoms with Crippen molar-refractivity contribution in [2.24, 2.45) is 17.8 Å². The molecule has 9 nitrogen and oxygen atoms in total. The number of carbonyl (C=O) groups excluding carboxylic acids is 3. The Morgan fingerprint density at radius 3 is 2.62 bits per heavy atom. The summed E-state index contributed by atoms with van der Waals surface area (Å²) in [4.78, 5) is 50.0. The van der Waals surface area contributed by atoms with Gasteiger partial charge in [-0.2, -0.15) is 0 Å². The molecular weight excluding hydrogens is 522 g/mol. The van der Waals surface area contributed by atoms with Crippen LogP contribution in [0.15, 0.2) is 24.3 Å². The molecule has 2 aliphatic carbocycles. The monoisotopic (exact) mass is 561 g/mol. The summed E-state index contributed by atoms with van der Waals surface area (Å²) < 4.78 is 5.86. The number of nitrogens with one attached hydrogen (secondary N) is 2. The molecule has 3 aliphatic rings. The van der Waals surface area contributed by atoms with Crippen molar-refractivity contribution in [1.82, 2.24) is 15.8 Å². The summed E-state index contributed by atoms with van der Waals surface area (Å²) in [5.74, 6) is -1.59. The molecular formula is C29H40ClN3O6. The van der Waals surface area contributed by atoms with Crippen LogP contribution in [0, 0.1) is 17.8 Å². The zero-order chi connectivity index (χ0) is 27.8. The second-order valence-corrected chi connectivity index (χ2v) is 11.7. The number of hydrogen-bond acceptors (Lipinski definition) is 5. The first kappa shape index (κ1) is 29.2. The molecule has 4 atom stereocenters. The van der Waals surface area contributed by atoms with E-state index in [0.717, 1.165) is 56.9 Å². The van der Waals surface area contributed by atoms with E-state index in [1.807, 2.05) is 24.3 Å². The number of hydrogen-bond donors (Lipinski definition) is 3. The van der Waals surface area contributed by atoms with Gasteiger partial charge in [0.15, 0.2) is 0 Å². The number of hydrazine groups is 1. The highest BCUT2D eigenvalue weighted by Crippen LogP contribution is 2.32. The fourth-order valence-electron chi connectivity index (χ4n) is 6.29. The maximum atomic E-state index is 13.3. The number of rotatable bonds is 11. The summed E-state index contributed by atoms with van der Waals surface area (Å²) in [5.41, 5.74) is 3.80. The number of carboxylic acids is 1. The molecule has 0 radical (unpaired) electrons. The van der Waals surface area contributed by atoms with Crippen LogP contribution in [0.4, 0.5) is 4.79 Å². The molecule has 3 fully saturated rings. The molecule has 1 saturated heterocycles. The second-order valence-electron chi connectivity index (χ2n) is 11.3. The number of carboxylic acid groups (broad SMARTS) is 1. The predicted octanol–water partition coefficient (Wildman–Crippen LogP) is 4.86. The molecule has 4 rings (SSSR count). The fraction of sp³-hybridized carbons (Fsp3) is 0.655. The standard InChI is InChI=1S/C29H40ClN3O6/c30-23-10-4-8-20(17-23)16-22-9-5-11-25(22)39-29(38)31-24(18-19-6-2-1-3-7-19)27(36)32-33-15-14-21(28(33)37)12-13-26(34)35/h4,8,10,17,19,21-22,24-25H,1-3,5-7,9,11-16,18H2,(H,31,38)(H,32,36)(H,34,35)/t21-,22?,24-,25?/m0/s1. The fourth-order valence-corrected chi connectivity index (χ4v) is 6.50. The molecule has 1 aromatic rings. The van der Waals surface area contributed by atoms with Gasteiger partial charge in [0.05, 0.1) is 0 Å². The Labute approximate surface area is 234 Å². The van der Waals surface area contributed by atoms with Crippen molar-refractivity contribution in [2.75, 3.05) is 6.54 Å². The number of halogens is 1. The average Bonchev–Trinajstić information content (AvgIpc) is 3.48. The van der Waals surface area contributed by atoms with Crippen molar-refractivity contribution in [3.63, 3.8) is 0 Å². The van der Waals surface area contributed by atoms with E-state index in [2.05, 4.69) is 10.7 Å².